The van der Waals surface area contributed by atoms with E-state index in [2.05, 4.69) is 10.4 Å². The van der Waals surface area contributed by atoms with E-state index < -0.39 is 0 Å². The lowest BCUT2D eigenvalue weighted by molar-refractivity contribution is -0.116. The molecule has 0 aliphatic rings. The second kappa shape index (κ2) is 6.65. The number of nitrogens with one attached hydrogen (secondary N) is 1. The average Bonchev–Trinajstić information content (AvgIpc) is 2.82. The average molecular weight is 283 g/mol. The Labute approximate surface area is 123 Å². The Hall–Kier alpha value is -2.69. The minimum atomic E-state index is -0.311. The first-order valence-electron chi connectivity index (χ1n) is 6.63. The quantitative estimate of drug-likeness (QED) is 0.873. The smallest absolute Gasteiger partial charge is 0.266 e. The molecule has 0 fully saturated rings. The van der Waals surface area contributed by atoms with Crippen molar-refractivity contribution < 1.29 is 9.59 Å². The minimum Gasteiger partial charge on any atom is -0.343 e. The van der Waals surface area contributed by atoms with E-state index in [4.69, 9.17) is 0 Å². The van der Waals surface area contributed by atoms with Crippen molar-refractivity contribution in [2.75, 3.05) is 6.54 Å². The summed E-state index contributed by atoms with van der Waals surface area (Å²) < 4.78 is 1.30. The van der Waals surface area contributed by atoms with E-state index >= 15 is 0 Å². The third-order valence-electron chi connectivity index (χ3n) is 2.89. The molecule has 1 aromatic heterocycles. The Morgan fingerprint density at radius 1 is 1.24 bits per heavy atom. The van der Waals surface area contributed by atoms with Crippen LogP contribution in [-0.2, 0) is 4.79 Å². The van der Waals surface area contributed by atoms with E-state index in [-0.39, 0.29) is 18.4 Å². The van der Waals surface area contributed by atoms with Gasteiger partial charge in [0, 0.05) is 11.8 Å². The summed E-state index contributed by atoms with van der Waals surface area (Å²) in [5, 5.41) is 6.63. The molecule has 0 aliphatic carbocycles. The highest BCUT2D eigenvalue weighted by atomic mass is 16.2. The minimum absolute atomic E-state index is 0.0834. The number of aromatic nitrogens is 2. The van der Waals surface area contributed by atoms with E-state index in [9.17, 15) is 9.59 Å². The molecule has 1 N–H and O–H groups in total. The van der Waals surface area contributed by atoms with Crippen LogP contribution >= 0.6 is 0 Å². The maximum Gasteiger partial charge on any atom is 0.266 e. The van der Waals surface area contributed by atoms with E-state index in [1.54, 1.807) is 13.0 Å². The molecule has 0 saturated carbocycles. The van der Waals surface area contributed by atoms with Gasteiger partial charge in [-0.3, -0.25) is 9.59 Å². The largest absolute Gasteiger partial charge is 0.343 e. The Balaban J connectivity index is 1.88. The molecule has 1 heterocycles. The van der Waals surface area contributed by atoms with Crippen molar-refractivity contribution in [1.82, 2.24) is 15.1 Å². The molecule has 0 atom stereocenters. The van der Waals surface area contributed by atoms with Crippen molar-refractivity contribution in [3.8, 4) is 0 Å². The van der Waals surface area contributed by atoms with E-state index in [1.165, 1.54) is 10.8 Å². The lowest BCUT2D eigenvalue weighted by Crippen LogP contribution is -2.32. The summed E-state index contributed by atoms with van der Waals surface area (Å²) in [5.74, 6) is -0.573. The number of nitrogens with zero attached hydrogens (tertiary/aromatic N) is 2. The SMILES string of the molecule is Cc1cc(C)n(C(=O)CNC(=O)/C=C/c2ccccc2)n1. The molecule has 5 heteroatoms. The van der Waals surface area contributed by atoms with Gasteiger partial charge in [0.25, 0.3) is 5.91 Å². The van der Waals surface area contributed by atoms with Crippen LogP contribution < -0.4 is 5.32 Å². The molecular formula is C16H17N3O2. The number of rotatable bonds is 4. The summed E-state index contributed by atoms with van der Waals surface area (Å²) in [4.78, 5) is 23.6. The predicted octanol–water partition coefficient (Wildman–Crippen LogP) is 1.97. The van der Waals surface area contributed by atoms with Crippen LogP contribution in [0.3, 0.4) is 0 Å². The second-order valence-electron chi connectivity index (χ2n) is 4.69. The van der Waals surface area contributed by atoms with Gasteiger partial charge < -0.3 is 5.32 Å². The van der Waals surface area contributed by atoms with Gasteiger partial charge in [0.1, 0.15) is 0 Å². The van der Waals surface area contributed by atoms with Gasteiger partial charge in [0.05, 0.1) is 12.2 Å². The lowest BCUT2D eigenvalue weighted by Gasteiger charge is -2.03. The highest BCUT2D eigenvalue weighted by molar-refractivity contribution is 5.94. The van der Waals surface area contributed by atoms with Gasteiger partial charge in [-0.05, 0) is 31.6 Å². The number of aryl methyl sites for hydroxylation is 2. The standard InChI is InChI=1S/C16H17N3O2/c1-12-10-13(2)19(18-12)16(21)11-17-15(20)9-8-14-6-4-3-5-7-14/h3-10H,11H2,1-2H3,(H,17,20)/b9-8+. The predicted molar refractivity (Wildman–Crippen MR) is 80.8 cm³/mol. The number of carbonyl (C=O) groups is 2. The third kappa shape index (κ3) is 4.14. The first kappa shape index (κ1) is 14.7. The Bertz CT molecular complexity index is 672. The van der Waals surface area contributed by atoms with Crippen molar-refractivity contribution in [3.05, 3.63) is 59.4 Å². The van der Waals surface area contributed by atoms with Crippen molar-refractivity contribution >= 4 is 17.9 Å². The van der Waals surface area contributed by atoms with Gasteiger partial charge in [-0.2, -0.15) is 5.10 Å². The fourth-order valence-corrected chi connectivity index (χ4v) is 1.91. The van der Waals surface area contributed by atoms with Crippen molar-refractivity contribution in [3.63, 3.8) is 0 Å². The summed E-state index contributed by atoms with van der Waals surface area (Å²) >= 11 is 0. The van der Waals surface area contributed by atoms with Gasteiger partial charge in [-0.1, -0.05) is 30.3 Å². The van der Waals surface area contributed by atoms with Gasteiger partial charge in [-0.25, -0.2) is 4.68 Å². The summed E-state index contributed by atoms with van der Waals surface area (Å²) in [6, 6.07) is 11.3. The van der Waals surface area contributed by atoms with Gasteiger partial charge >= 0.3 is 0 Å². The summed E-state index contributed by atoms with van der Waals surface area (Å²) in [6.45, 7) is 3.53. The Morgan fingerprint density at radius 3 is 2.57 bits per heavy atom. The van der Waals surface area contributed by atoms with Crippen LogP contribution in [0.25, 0.3) is 6.08 Å². The fourth-order valence-electron chi connectivity index (χ4n) is 1.91. The van der Waals surface area contributed by atoms with Crippen LogP contribution in [0.1, 0.15) is 21.7 Å². The Morgan fingerprint density at radius 2 is 1.95 bits per heavy atom. The van der Waals surface area contributed by atoms with Crippen molar-refractivity contribution in [2.45, 2.75) is 13.8 Å². The monoisotopic (exact) mass is 283 g/mol. The molecule has 0 radical (unpaired) electrons. The fraction of sp³-hybridized carbons (Fsp3) is 0.188. The molecular weight excluding hydrogens is 266 g/mol. The molecule has 1 aromatic carbocycles. The molecule has 21 heavy (non-hydrogen) atoms. The Kier molecular flexibility index (Phi) is 4.66. The molecule has 0 bridgehead atoms. The first-order valence-corrected chi connectivity index (χ1v) is 6.63. The van der Waals surface area contributed by atoms with Gasteiger partial charge in [-0.15, -0.1) is 0 Å². The topological polar surface area (TPSA) is 64.0 Å². The zero-order valence-electron chi connectivity index (χ0n) is 12.0. The lowest BCUT2D eigenvalue weighted by atomic mass is 10.2. The zero-order chi connectivity index (χ0) is 15.2. The molecule has 1 amide bonds. The highest BCUT2D eigenvalue weighted by Gasteiger charge is 2.10. The summed E-state index contributed by atoms with van der Waals surface area (Å²) in [5.41, 5.74) is 2.46. The van der Waals surface area contributed by atoms with E-state index in [0.29, 0.717) is 0 Å². The van der Waals surface area contributed by atoms with Crippen molar-refractivity contribution in [1.29, 1.82) is 0 Å². The summed E-state index contributed by atoms with van der Waals surface area (Å²) in [7, 11) is 0. The molecule has 0 saturated heterocycles. The van der Waals surface area contributed by atoms with Crippen LogP contribution in [0.5, 0.6) is 0 Å². The van der Waals surface area contributed by atoms with Crippen LogP contribution in [0.4, 0.5) is 0 Å². The van der Waals surface area contributed by atoms with Crippen LogP contribution in [0.15, 0.2) is 42.5 Å². The second-order valence-corrected chi connectivity index (χ2v) is 4.69. The zero-order valence-corrected chi connectivity index (χ0v) is 12.0. The molecule has 0 aliphatic heterocycles. The van der Waals surface area contributed by atoms with Gasteiger partial charge in [0.2, 0.25) is 5.91 Å². The van der Waals surface area contributed by atoms with Gasteiger partial charge in [0.15, 0.2) is 0 Å². The number of benzene rings is 1. The maximum absolute atomic E-state index is 11.9. The molecule has 108 valence electrons. The molecule has 2 aromatic rings. The normalized spacial score (nSPS) is 10.8. The van der Waals surface area contributed by atoms with Crippen molar-refractivity contribution in [2.24, 2.45) is 0 Å². The maximum atomic E-state index is 11.9. The molecule has 0 spiro atoms. The number of carbonyl (C=O) groups excluding carboxylic acids is 2. The molecule has 2 rings (SSSR count). The first-order chi connectivity index (χ1) is 10.1. The number of hydrogen-bond acceptors (Lipinski definition) is 3. The van der Waals surface area contributed by atoms with Crippen LogP contribution in [0.2, 0.25) is 0 Å². The van der Waals surface area contributed by atoms with E-state index in [0.717, 1.165) is 17.0 Å². The number of hydrogen-bond donors (Lipinski definition) is 1. The highest BCUT2D eigenvalue weighted by Crippen LogP contribution is 2.02. The third-order valence-corrected chi connectivity index (χ3v) is 2.89. The van der Waals surface area contributed by atoms with Crippen LogP contribution in [-0.4, -0.2) is 28.1 Å². The molecule has 5 nitrogen and oxygen atoms in total. The molecule has 0 unspecified atom stereocenters. The van der Waals surface area contributed by atoms with E-state index in [1.807, 2.05) is 43.3 Å². The van der Waals surface area contributed by atoms with Crippen LogP contribution in [0, 0.1) is 13.8 Å². The summed E-state index contributed by atoms with van der Waals surface area (Å²) in [6.07, 6.45) is 3.10. The number of amides is 1.